The van der Waals surface area contributed by atoms with Gasteiger partial charge in [0.1, 0.15) is 0 Å². The summed E-state index contributed by atoms with van der Waals surface area (Å²) < 4.78 is 21.7. The van der Waals surface area contributed by atoms with Crippen molar-refractivity contribution in [2.24, 2.45) is 0 Å². The van der Waals surface area contributed by atoms with Gasteiger partial charge in [0.05, 0.1) is 11.9 Å². The second-order valence-electron chi connectivity index (χ2n) is 5.60. The van der Waals surface area contributed by atoms with E-state index in [1.165, 1.54) is 32.1 Å². The second kappa shape index (κ2) is 9.47. The maximum atomic E-state index is 10.9. The standard InChI is InChI=1S/C17H25N3O2S/c1-2-3-4-5-6-7-12-18-17-19-13-16(20-17)14-8-10-15(11-9-14)23(21)22/h8-11,13H,2-7,12H2,1H3,(H,21,22)(H2,18,19,20)/p-1. The zero-order valence-electron chi connectivity index (χ0n) is 13.5. The van der Waals surface area contributed by atoms with E-state index in [0.29, 0.717) is 0 Å². The Morgan fingerprint density at radius 3 is 2.52 bits per heavy atom. The van der Waals surface area contributed by atoms with Gasteiger partial charge in [0, 0.05) is 11.4 Å². The molecule has 0 aliphatic rings. The third-order valence-electron chi connectivity index (χ3n) is 3.76. The van der Waals surface area contributed by atoms with Crippen LogP contribution in [0.15, 0.2) is 35.4 Å². The van der Waals surface area contributed by atoms with Crippen molar-refractivity contribution in [2.75, 3.05) is 11.9 Å². The molecule has 1 aromatic heterocycles. The predicted octanol–water partition coefficient (Wildman–Crippen LogP) is 4.09. The lowest BCUT2D eigenvalue weighted by molar-refractivity contribution is 0.537. The van der Waals surface area contributed by atoms with Crippen LogP contribution >= 0.6 is 0 Å². The number of anilines is 1. The van der Waals surface area contributed by atoms with Crippen molar-refractivity contribution in [3.05, 3.63) is 30.5 Å². The fraction of sp³-hybridized carbons (Fsp3) is 0.471. The first kappa shape index (κ1) is 17.7. The maximum absolute atomic E-state index is 10.9. The number of aromatic nitrogens is 2. The molecule has 1 unspecified atom stereocenters. The molecule has 126 valence electrons. The van der Waals surface area contributed by atoms with Crippen LogP contribution in [0.2, 0.25) is 0 Å². The molecule has 2 N–H and O–H groups in total. The summed E-state index contributed by atoms with van der Waals surface area (Å²) in [5.74, 6) is 0.755. The van der Waals surface area contributed by atoms with E-state index in [4.69, 9.17) is 0 Å². The van der Waals surface area contributed by atoms with Crippen molar-refractivity contribution in [1.29, 1.82) is 0 Å². The van der Waals surface area contributed by atoms with Crippen LogP contribution in [0.4, 0.5) is 5.95 Å². The fourth-order valence-corrected chi connectivity index (χ4v) is 2.77. The van der Waals surface area contributed by atoms with E-state index in [-0.39, 0.29) is 4.90 Å². The van der Waals surface area contributed by atoms with Gasteiger partial charge < -0.3 is 14.9 Å². The maximum Gasteiger partial charge on any atom is 0.200 e. The molecule has 0 bridgehead atoms. The number of rotatable bonds is 10. The van der Waals surface area contributed by atoms with E-state index in [1.54, 1.807) is 30.5 Å². The number of nitrogens with one attached hydrogen (secondary N) is 2. The Bertz CT molecular complexity index is 611. The van der Waals surface area contributed by atoms with Gasteiger partial charge in [0.15, 0.2) is 0 Å². The smallest absolute Gasteiger partial charge is 0.200 e. The van der Waals surface area contributed by atoms with E-state index in [0.717, 1.165) is 30.2 Å². The number of hydrogen-bond donors (Lipinski definition) is 2. The summed E-state index contributed by atoms with van der Waals surface area (Å²) >= 11 is -2.19. The van der Waals surface area contributed by atoms with Crippen molar-refractivity contribution >= 4 is 17.0 Å². The third-order valence-corrected chi connectivity index (χ3v) is 4.41. The van der Waals surface area contributed by atoms with Crippen molar-refractivity contribution < 1.29 is 8.76 Å². The Morgan fingerprint density at radius 1 is 1.13 bits per heavy atom. The van der Waals surface area contributed by atoms with E-state index >= 15 is 0 Å². The van der Waals surface area contributed by atoms with Crippen molar-refractivity contribution in [2.45, 2.75) is 50.3 Å². The van der Waals surface area contributed by atoms with Crippen molar-refractivity contribution in [1.82, 2.24) is 9.97 Å². The molecule has 1 aromatic carbocycles. The molecule has 6 heteroatoms. The van der Waals surface area contributed by atoms with Crippen LogP contribution in [0.5, 0.6) is 0 Å². The largest absolute Gasteiger partial charge is 0.768 e. The molecule has 0 radical (unpaired) electrons. The summed E-state index contributed by atoms with van der Waals surface area (Å²) in [6, 6.07) is 6.72. The van der Waals surface area contributed by atoms with Gasteiger partial charge >= 0.3 is 0 Å². The lowest BCUT2D eigenvalue weighted by atomic mass is 10.1. The number of benzene rings is 1. The molecule has 2 rings (SSSR count). The van der Waals surface area contributed by atoms with Crippen LogP contribution in [0.3, 0.4) is 0 Å². The number of hydrogen-bond acceptors (Lipinski definition) is 4. The zero-order chi connectivity index (χ0) is 16.5. The van der Waals surface area contributed by atoms with Gasteiger partial charge in [-0.1, -0.05) is 51.2 Å². The highest BCUT2D eigenvalue weighted by molar-refractivity contribution is 7.79. The van der Waals surface area contributed by atoms with Crippen LogP contribution in [-0.2, 0) is 11.1 Å². The Hall–Kier alpha value is -1.66. The molecule has 0 aliphatic carbocycles. The van der Waals surface area contributed by atoms with Gasteiger partial charge in [-0.25, -0.2) is 4.98 Å². The fourth-order valence-electron chi connectivity index (χ4n) is 2.42. The molecule has 0 amide bonds. The van der Waals surface area contributed by atoms with Crippen LogP contribution in [0, 0.1) is 0 Å². The minimum atomic E-state index is -2.19. The Labute approximate surface area is 140 Å². The van der Waals surface area contributed by atoms with Gasteiger partial charge in [-0.3, -0.25) is 4.21 Å². The topological polar surface area (TPSA) is 80.8 Å². The molecule has 2 aromatic rings. The second-order valence-corrected chi connectivity index (χ2v) is 6.54. The molecule has 0 saturated heterocycles. The Morgan fingerprint density at radius 2 is 1.83 bits per heavy atom. The van der Waals surface area contributed by atoms with Gasteiger partial charge in [0.25, 0.3) is 0 Å². The van der Waals surface area contributed by atoms with E-state index in [2.05, 4.69) is 22.2 Å². The average Bonchev–Trinajstić information content (AvgIpc) is 3.03. The summed E-state index contributed by atoms with van der Waals surface area (Å²) in [5.41, 5.74) is 1.79. The molecule has 0 spiro atoms. The van der Waals surface area contributed by atoms with E-state index < -0.39 is 11.1 Å². The summed E-state index contributed by atoms with van der Waals surface area (Å²) in [7, 11) is 0. The summed E-state index contributed by atoms with van der Waals surface area (Å²) in [5, 5.41) is 3.29. The highest BCUT2D eigenvalue weighted by atomic mass is 32.2. The zero-order valence-corrected chi connectivity index (χ0v) is 14.3. The Kier molecular flexibility index (Phi) is 7.29. The van der Waals surface area contributed by atoms with Gasteiger partial charge in [-0.05, 0) is 35.2 Å². The number of H-pyrrole nitrogens is 1. The highest BCUT2D eigenvalue weighted by Crippen LogP contribution is 2.20. The first-order chi connectivity index (χ1) is 11.2. The first-order valence-electron chi connectivity index (χ1n) is 8.19. The molecule has 0 saturated carbocycles. The molecular weight excluding hydrogens is 310 g/mol. The molecule has 0 fully saturated rings. The molecule has 5 nitrogen and oxygen atoms in total. The van der Waals surface area contributed by atoms with Crippen LogP contribution in [0.1, 0.15) is 45.4 Å². The minimum Gasteiger partial charge on any atom is -0.768 e. The summed E-state index contributed by atoms with van der Waals surface area (Å²) in [6.07, 6.45) is 9.37. The molecule has 23 heavy (non-hydrogen) atoms. The summed E-state index contributed by atoms with van der Waals surface area (Å²) in [4.78, 5) is 7.81. The van der Waals surface area contributed by atoms with E-state index in [1.807, 2.05) is 0 Å². The number of aromatic amines is 1. The number of unbranched alkanes of at least 4 members (excludes halogenated alkanes) is 5. The normalized spacial score (nSPS) is 12.3. The lowest BCUT2D eigenvalue weighted by Gasteiger charge is -2.05. The van der Waals surface area contributed by atoms with Crippen LogP contribution < -0.4 is 5.32 Å². The molecule has 1 atom stereocenters. The van der Waals surface area contributed by atoms with Gasteiger partial charge in [-0.15, -0.1) is 0 Å². The number of imidazole rings is 1. The SMILES string of the molecule is CCCCCCCCNc1ncc(-c2ccc(S(=O)[O-])cc2)[nH]1. The number of nitrogens with zero attached hydrogens (tertiary/aromatic N) is 1. The van der Waals surface area contributed by atoms with E-state index in [9.17, 15) is 8.76 Å². The summed E-state index contributed by atoms with van der Waals surface area (Å²) in [6.45, 7) is 3.14. The average molecular weight is 334 g/mol. The Balaban J connectivity index is 1.78. The molecule has 1 heterocycles. The third kappa shape index (κ3) is 5.80. The molecule has 0 aliphatic heterocycles. The predicted molar refractivity (Wildman–Crippen MR) is 93.1 cm³/mol. The van der Waals surface area contributed by atoms with Crippen LogP contribution in [0.25, 0.3) is 11.3 Å². The highest BCUT2D eigenvalue weighted by Gasteiger charge is 2.03. The first-order valence-corrected chi connectivity index (χ1v) is 9.26. The lowest BCUT2D eigenvalue weighted by Crippen LogP contribution is -2.02. The van der Waals surface area contributed by atoms with Gasteiger partial charge in [-0.2, -0.15) is 0 Å². The van der Waals surface area contributed by atoms with Gasteiger partial charge in [0.2, 0.25) is 5.95 Å². The minimum absolute atomic E-state index is 0.287. The molecular formula is C17H24N3O2S-. The van der Waals surface area contributed by atoms with Crippen molar-refractivity contribution in [3.63, 3.8) is 0 Å². The quantitative estimate of drug-likeness (QED) is 0.506. The van der Waals surface area contributed by atoms with Crippen molar-refractivity contribution in [3.8, 4) is 11.3 Å². The monoisotopic (exact) mass is 334 g/mol. The van der Waals surface area contributed by atoms with Crippen LogP contribution in [-0.4, -0.2) is 25.3 Å².